The van der Waals surface area contributed by atoms with Crippen molar-refractivity contribution in [3.05, 3.63) is 23.5 Å². The van der Waals surface area contributed by atoms with E-state index in [0.29, 0.717) is 13.1 Å². The van der Waals surface area contributed by atoms with Crippen LogP contribution in [0.25, 0.3) is 0 Å². The molecule has 7 heteroatoms. The van der Waals surface area contributed by atoms with E-state index in [2.05, 4.69) is 35.6 Å². The zero-order valence-electron chi connectivity index (χ0n) is 18.0. The molecule has 0 saturated carbocycles. The Morgan fingerprint density at radius 1 is 1.11 bits per heavy atom. The van der Waals surface area contributed by atoms with Crippen LogP contribution in [0.15, 0.2) is 33.5 Å². The molecule has 7 nitrogen and oxygen atoms in total. The van der Waals surface area contributed by atoms with Gasteiger partial charge in [-0.3, -0.25) is 4.99 Å². The van der Waals surface area contributed by atoms with Gasteiger partial charge in [-0.2, -0.15) is 0 Å². The summed E-state index contributed by atoms with van der Waals surface area (Å²) in [5.41, 5.74) is 2.29. The Morgan fingerprint density at radius 3 is 2.43 bits per heavy atom. The molecule has 154 valence electrons. The largest absolute Gasteiger partial charge is 0.444 e. The van der Waals surface area contributed by atoms with Crippen molar-refractivity contribution < 1.29 is 9.53 Å². The third-order valence-electron chi connectivity index (χ3n) is 5.49. The summed E-state index contributed by atoms with van der Waals surface area (Å²) in [5.74, 6) is 1.85. The van der Waals surface area contributed by atoms with Gasteiger partial charge in [0.25, 0.3) is 0 Å². The molecule has 0 aromatic carbocycles. The van der Waals surface area contributed by atoms with Crippen molar-refractivity contribution in [2.45, 2.75) is 59.6 Å². The van der Waals surface area contributed by atoms with Crippen molar-refractivity contribution in [3.63, 3.8) is 0 Å². The molecule has 1 fully saturated rings. The first-order chi connectivity index (χ1) is 13.2. The minimum Gasteiger partial charge on any atom is -0.444 e. The van der Waals surface area contributed by atoms with Gasteiger partial charge in [-0.1, -0.05) is 11.1 Å². The van der Waals surface area contributed by atoms with Crippen LogP contribution in [0, 0.1) is 0 Å². The normalized spacial score (nSPS) is 23.6. The van der Waals surface area contributed by atoms with Gasteiger partial charge >= 0.3 is 6.09 Å². The number of rotatable bonds is 0. The maximum atomic E-state index is 12.3. The topological polar surface area (TPSA) is 60.7 Å². The van der Waals surface area contributed by atoms with Crippen LogP contribution in [0.1, 0.15) is 48.0 Å². The van der Waals surface area contributed by atoms with Crippen LogP contribution in [-0.4, -0.2) is 76.8 Å². The lowest BCUT2D eigenvalue weighted by molar-refractivity contribution is 0.0188. The number of amides is 1. The number of amidine groups is 2. The van der Waals surface area contributed by atoms with E-state index in [1.807, 2.05) is 33.2 Å². The lowest BCUT2D eigenvalue weighted by atomic mass is 10.0. The lowest BCUT2D eigenvalue weighted by Crippen LogP contribution is -2.55. The molecule has 0 aliphatic carbocycles. The molecule has 0 N–H and O–H groups in total. The molecule has 1 unspecified atom stereocenters. The van der Waals surface area contributed by atoms with E-state index in [1.165, 1.54) is 11.1 Å². The number of carbonyl (C=O) groups is 1. The molecule has 1 atom stereocenters. The third kappa shape index (κ3) is 4.56. The second-order valence-corrected chi connectivity index (χ2v) is 8.74. The van der Waals surface area contributed by atoms with E-state index in [-0.39, 0.29) is 12.1 Å². The van der Waals surface area contributed by atoms with Gasteiger partial charge in [0.2, 0.25) is 0 Å². The molecular weight excluding hydrogens is 354 g/mol. The van der Waals surface area contributed by atoms with Gasteiger partial charge in [-0.15, -0.1) is 0 Å². The van der Waals surface area contributed by atoms with E-state index >= 15 is 0 Å². The maximum absolute atomic E-state index is 12.3. The quantitative estimate of drug-likeness (QED) is 0.599. The Balaban J connectivity index is 1.72. The summed E-state index contributed by atoms with van der Waals surface area (Å²) in [6.07, 6.45) is 4.65. The molecule has 0 aromatic rings. The van der Waals surface area contributed by atoms with Gasteiger partial charge < -0.3 is 19.4 Å². The van der Waals surface area contributed by atoms with Crippen molar-refractivity contribution >= 4 is 17.8 Å². The molecule has 28 heavy (non-hydrogen) atoms. The van der Waals surface area contributed by atoms with E-state index in [1.54, 1.807) is 4.90 Å². The summed E-state index contributed by atoms with van der Waals surface area (Å²) < 4.78 is 5.50. The predicted molar refractivity (Wildman–Crippen MR) is 113 cm³/mol. The Labute approximate surface area is 168 Å². The predicted octanol–water partition coefficient (Wildman–Crippen LogP) is 3.25. The highest BCUT2D eigenvalue weighted by atomic mass is 16.6. The van der Waals surface area contributed by atoms with Crippen LogP contribution in [0.3, 0.4) is 0 Å². The first-order valence-electron chi connectivity index (χ1n) is 10.1. The molecular formula is C21H33N5O2. The molecule has 0 bridgehead atoms. The highest BCUT2D eigenvalue weighted by Crippen LogP contribution is 2.22. The van der Waals surface area contributed by atoms with Crippen LogP contribution in [-0.2, 0) is 4.74 Å². The van der Waals surface area contributed by atoms with Crippen molar-refractivity contribution in [3.8, 4) is 0 Å². The summed E-state index contributed by atoms with van der Waals surface area (Å²) in [6, 6.07) is 0.137. The van der Waals surface area contributed by atoms with Crippen LogP contribution in [0.2, 0.25) is 0 Å². The number of piperazine rings is 1. The Bertz CT molecular complexity index is 736. The van der Waals surface area contributed by atoms with Gasteiger partial charge in [0, 0.05) is 45.1 Å². The minimum atomic E-state index is -0.472. The smallest absolute Gasteiger partial charge is 0.410 e. The van der Waals surface area contributed by atoms with Crippen LogP contribution in [0.5, 0.6) is 0 Å². The lowest BCUT2D eigenvalue weighted by Gasteiger charge is -2.39. The fourth-order valence-electron chi connectivity index (χ4n) is 3.53. The number of aliphatic imine (C=N–C) groups is 2. The summed E-state index contributed by atoms with van der Waals surface area (Å²) in [5, 5.41) is 0. The number of carbonyl (C=O) groups excluding carboxylic acids is 1. The summed E-state index contributed by atoms with van der Waals surface area (Å²) in [4.78, 5) is 28.2. The molecule has 3 heterocycles. The molecule has 1 saturated heterocycles. The molecule has 0 aromatic heterocycles. The van der Waals surface area contributed by atoms with Crippen LogP contribution in [0.4, 0.5) is 4.79 Å². The van der Waals surface area contributed by atoms with Gasteiger partial charge in [-0.05, 0) is 48.0 Å². The third-order valence-corrected chi connectivity index (χ3v) is 5.49. The van der Waals surface area contributed by atoms with Crippen molar-refractivity contribution in [1.82, 2.24) is 14.7 Å². The molecule has 0 radical (unpaired) electrons. The molecule has 3 aliphatic rings. The summed E-state index contributed by atoms with van der Waals surface area (Å²) in [6.45, 7) is 15.8. The van der Waals surface area contributed by atoms with E-state index < -0.39 is 5.60 Å². The van der Waals surface area contributed by atoms with Gasteiger partial charge in [-0.25, -0.2) is 9.79 Å². The maximum Gasteiger partial charge on any atom is 0.410 e. The molecule has 0 spiro atoms. The van der Waals surface area contributed by atoms with E-state index in [9.17, 15) is 4.79 Å². The first kappa shape index (κ1) is 20.4. The Kier molecular flexibility index (Phi) is 5.82. The van der Waals surface area contributed by atoms with Crippen LogP contribution < -0.4 is 0 Å². The van der Waals surface area contributed by atoms with Gasteiger partial charge in [0.1, 0.15) is 5.60 Å². The second-order valence-electron chi connectivity index (χ2n) is 8.74. The fourth-order valence-corrected chi connectivity index (χ4v) is 3.53. The first-order valence-corrected chi connectivity index (χ1v) is 10.1. The fraction of sp³-hybridized carbons (Fsp3) is 0.667. The summed E-state index contributed by atoms with van der Waals surface area (Å²) >= 11 is 0. The minimum absolute atomic E-state index is 0.137. The van der Waals surface area contributed by atoms with Crippen molar-refractivity contribution in [1.29, 1.82) is 0 Å². The monoisotopic (exact) mass is 387 g/mol. The zero-order chi connectivity index (χ0) is 20.5. The number of fused-ring (bicyclic) bond motifs is 1. The SMILES string of the molecule is CC1=C(C)C(C)N=C2C(N3CCN(C(=O)OC(C)(C)C)CC3)=NC=CN2CC1. The van der Waals surface area contributed by atoms with E-state index in [0.717, 1.165) is 37.7 Å². The molecule has 3 rings (SSSR count). The number of ether oxygens (including phenoxy) is 1. The van der Waals surface area contributed by atoms with Gasteiger partial charge in [0.15, 0.2) is 11.7 Å². The molecule has 3 aliphatic heterocycles. The molecule has 1 amide bonds. The average Bonchev–Trinajstić information content (AvgIpc) is 2.64. The van der Waals surface area contributed by atoms with Crippen molar-refractivity contribution in [2.75, 3.05) is 32.7 Å². The second kappa shape index (κ2) is 7.97. The number of hydrogen-bond acceptors (Lipinski definition) is 6. The number of nitrogens with zero attached hydrogens (tertiary/aromatic N) is 5. The van der Waals surface area contributed by atoms with Crippen molar-refractivity contribution in [2.24, 2.45) is 9.98 Å². The highest BCUT2D eigenvalue weighted by Gasteiger charge is 2.31. The van der Waals surface area contributed by atoms with E-state index in [4.69, 9.17) is 9.73 Å². The number of hydrogen-bond donors (Lipinski definition) is 0. The standard InChI is InChI=1S/C21H33N5O2/c1-15-7-9-24-10-8-22-18(19(24)23-17(3)16(15)2)25-11-13-26(14-12-25)20(27)28-21(4,5)6/h8,10,17H,7,9,11-14H2,1-6H3. The average molecular weight is 388 g/mol. The highest BCUT2D eigenvalue weighted by molar-refractivity contribution is 6.41. The van der Waals surface area contributed by atoms with Gasteiger partial charge in [0.05, 0.1) is 6.04 Å². The zero-order valence-corrected chi connectivity index (χ0v) is 18.0. The Hall–Kier alpha value is -2.31. The Morgan fingerprint density at radius 2 is 1.79 bits per heavy atom. The van der Waals surface area contributed by atoms with Crippen LogP contribution >= 0.6 is 0 Å². The summed E-state index contributed by atoms with van der Waals surface area (Å²) in [7, 11) is 0.